The van der Waals surface area contributed by atoms with E-state index in [1.54, 1.807) is 6.07 Å². The van der Waals surface area contributed by atoms with Crippen molar-refractivity contribution in [2.45, 2.75) is 13.3 Å². The van der Waals surface area contributed by atoms with Crippen LogP contribution >= 0.6 is 0 Å². The van der Waals surface area contributed by atoms with E-state index >= 15 is 0 Å². The maximum atomic E-state index is 12.4. The summed E-state index contributed by atoms with van der Waals surface area (Å²) in [7, 11) is 0. The molecule has 2 aromatic rings. The van der Waals surface area contributed by atoms with Gasteiger partial charge in [0.05, 0.1) is 12.4 Å². The van der Waals surface area contributed by atoms with E-state index in [1.807, 2.05) is 31.2 Å². The molecule has 0 aliphatic carbocycles. The Kier molecular flexibility index (Phi) is 3.09. The SMILES string of the molecule is CC(CF)Cc1ccc2ccc([NH])cc2c1. The van der Waals surface area contributed by atoms with Gasteiger partial charge in [0.1, 0.15) is 0 Å². The number of halogens is 1. The van der Waals surface area contributed by atoms with Gasteiger partial charge in [-0.1, -0.05) is 31.2 Å². The predicted molar refractivity (Wildman–Crippen MR) is 65.5 cm³/mol. The van der Waals surface area contributed by atoms with Crippen LogP contribution in [0.1, 0.15) is 12.5 Å². The fraction of sp³-hybridized carbons (Fsp3) is 0.286. The molecule has 0 spiro atoms. The number of hydrogen-bond acceptors (Lipinski definition) is 0. The van der Waals surface area contributed by atoms with E-state index in [9.17, 15) is 4.39 Å². The smallest absolute Gasteiger partial charge is 0.0923 e. The largest absolute Gasteiger partial charge is 0.301 e. The van der Waals surface area contributed by atoms with Crippen LogP contribution in [0.25, 0.3) is 10.8 Å². The molecule has 1 nitrogen and oxygen atoms in total. The van der Waals surface area contributed by atoms with Crippen LogP contribution in [0.15, 0.2) is 36.4 Å². The molecule has 1 unspecified atom stereocenters. The zero-order valence-electron chi connectivity index (χ0n) is 9.33. The van der Waals surface area contributed by atoms with Gasteiger partial charge >= 0.3 is 0 Å². The van der Waals surface area contributed by atoms with E-state index in [0.717, 1.165) is 22.8 Å². The Bertz CT molecular complexity index is 493. The van der Waals surface area contributed by atoms with Crippen LogP contribution in [0.2, 0.25) is 0 Å². The molecule has 0 saturated carbocycles. The van der Waals surface area contributed by atoms with Crippen LogP contribution in [-0.4, -0.2) is 6.67 Å². The van der Waals surface area contributed by atoms with Crippen molar-refractivity contribution in [2.75, 3.05) is 6.67 Å². The molecule has 2 rings (SSSR count). The van der Waals surface area contributed by atoms with Gasteiger partial charge in [-0.15, -0.1) is 0 Å². The van der Waals surface area contributed by atoms with Crippen molar-refractivity contribution in [3.05, 3.63) is 42.0 Å². The molecule has 0 bridgehead atoms. The number of fused-ring (bicyclic) bond motifs is 1. The third kappa shape index (κ3) is 2.32. The summed E-state index contributed by atoms with van der Waals surface area (Å²) in [6.07, 6.45) is 0.759. The van der Waals surface area contributed by atoms with Gasteiger partial charge in [0.15, 0.2) is 0 Å². The lowest BCUT2D eigenvalue weighted by molar-refractivity contribution is 0.381. The van der Waals surface area contributed by atoms with Crippen molar-refractivity contribution in [3.8, 4) is 0 Å². The molecule has 83 valence electrons. The number of hydrogen-bond donors (Lipinski definition) is 0. The summed E-state index contributed by atoms with van der Waals surface area (Å²) in [5.74, 6) is 0.0663. The molecule has 0 aliphatic heterocycles. The zero-order chi connectivity index (χ0) is 11.5. The Balaban J connectivity index is 2.35. The molecule has 1 radical (unpaired) electrons. The molecule has 0 amide bonds. The van der Waals surface area contributed by atoms with Crippen molar-refractivity contribution < 1.29 is 4.39 Å². The summed E-state index contributed by atoms with van der Waals surface area (Å²) >= 11 is 0. The third-order valence-corrected chi connectivity index (χ3v) is 2.75. The van der Waals surface area contributed by atoms with Crippen molar-refractivity contribution in [1.29, 1.82) is 0 Å². The van der Waals surface area contributed by atoms with Crippen LogP contribution in [0.5, 0.6) is 0 Å². The number of rotatable bonds is 3. The van der Waals surface area contributed by atoms with Crippen molar-refractivity contribution in [2.24, 2.45) is 5.92 Å². The maximum absolute atomic E-state index is 12.4. The van der Waals surface area contributed by atoms with Gasteiger partial charge < -0.3 is 5.73 Å². The molecule has 0 aromatic heterocycles. The summed E-state index contributed by atoms with van der Waals surface area (Å²) in [4.78, 5) is 0. The Labute approximate surface area is 95.1 Å². The Hall–Kier alpha value is -1.57. The molecule has 2 heteroatoms. The summed E-state index contributed by atoms with van der Waals surface area (Å²) in [5.41, 5.74) is 9.22. The number of benzene rings is 2. The first-order valence-electron chi connectivity index (χ1n) is 5.49. The van der Waals surface area contributed by atoms with E-state index < -0.39 is 0 Å². The topological polar surface area (TPSA) is 23.8 Å². The monoisotopic (exact) mass is 216 g/mol. The third-order valence-electron chi connectivity index (χ3n) is 2.75. The molecule has 1 N–H and O–H groups in total. The van der Waals surface area contributed by atoms with Crippen LogP contribution in [-0.2, 0) is 6.42 Å². The van der Waals surface area contributed by atoms with E-state index in [2.05, 4.69) is 6.07 Å². The number of alkyl halides is 1. The summed E-state index contributed by atoms with van der Waals surface area (Å²) in [6.45, 7) is 1.63. The first kappa shape index (κ1) is 10.9. The molecule has 1 atom stereocenters. The molecule has 0 saturated heterocycles. The highest BCUT2D eigenvalue weighted by atomic mass is 19.1. The molecule has 0 heterocycles. The van der Waals surface area contributed by atoms with Crippen molar-refractivity contribution in [3.63, 3.8) is 0 Å². The highest BCUT2D eigenvalue weighted by molar-refractivity contribution is 5.85. The Morgan fingerprint density at radius 1 is 1.12 bits per heavy atom. The molecule has 0 fully saturated rings. The quantitative estimate of drug-likeness (QED) is 0.743. The molecule has 2 aromatic carbocycles. The van der Waals surface area contributed by atoms with E-state index in [1.165, 1.54) is 0 Å². The fourth-order valence-electron chi connectivity index (χ4n) is 1.88. The van der Waals surface area contributed by atoms with Gasteiger partial charge in [0, 0.05) is 0 Å². The van der Waals surface area contributed by atoms with Gasteiger partial charge in [-0.3, -0.25) is 4.39 Å². The summed E-state index contributed by atoms with van der Waals surface area (Å²) in [6, 6.07) is 11.7. The normalized spacial score (nSPS) is 12.9. The van der Waals surface area contributed by atoms with Gasteiger partial charge in [-0.2, -0.15) is 0 Å². The second-order valence-electron chi connectivity index (χ2n) is 4.36. The lowest BCUT2D eigenvalue weighted by Gasteiger charge is -2.08. The predicted octanol–water partition coefficient (Wildman–Crippen LogP) is 3.90. The van der Waals surface area contributed by atoms with Crippen LogP contribution < -0.4 is 5.73 Å². The van der Waals surface area contributed by atoms with Gasteiger partial charge in [0.25, 0.3) is 0 Å². The van der Waals surface area contributed by atoms with Gasteiger partial charge in [-0.05, 0) is 40.8 Å². The average molecular weight is 216 g/mol. The molecular weight excluding hydrogens is 201 g/mol. The van der Waals surface area contributed by atoms with Crippen LogP contribution in [0.3, 0.4) is 0 Å². The van der Waals surface area contributed by atoms with Gasteiger partial charge in [-0.25, -0.2) is 0 Å². The minimum atomic E-state index is -0.281. The molecular formula is C14H15FN. The first-order valence-corrected chi connectivity index (χ1v) is 5.49. The van der Waals surface area contributed by atoms with Gasteiger partial charge in [0.2, 0.25) is 0 Å². The molecule has 0 aliphatic rings. The maximum Gasteiger partial charge on any atom is 0.0923 e. The van der Waals surface area contributed by atoms with Crippen LogP contribution in [0, 0.1) is 5.92 Å². The first-order chi connectivity index (χ1) is 7.69. The minimum Gasteiger partial charge on any atom is -0.301 e. The lowest BCUT2D eigenvalue weighted by Crippen LogP contribution is -2.01. The Morgan fingerprint density at radius 2 is 1.88 bits per heavy atom. The van der Waals surface area contributed by atoms with E-state index in [4.69, 9.17) is 5.73 Å². The summed E-state index contributed by atoms with van der Waals surface area (Å²) < 4.78 is 12.4. The minimum absolute atomic E-state index is 0.0663. The van der Waals surface area contributed by atoms with E-state index in [0.29, 0.717) is 5.69 Å². The standard InChI is InChI=1S/C14H15FN/c1-10(9-15)6-11-2-3-12-4-5-14(16)8-13(12)7-11/h2-5,7-8,10,16H,6,9H2,1H3. The van der Waals surface area contributed by atoms with Crippen LogP contribution in [0.4, 0.5) is 10.1 Å². The highest BCUT2D eigenvalue weighted by Gasteiger charge is 2.04. The van der Waals surface area contributed by atoms with E-state index in [-0.39, 0.29) is 12.6 Å². The zero-order valence-corrected chi connectivity index (χ0v) is 9.33. The summed E-state index contributed by atoms with van der Waals surface area (Å²) in [5, 5.41) is 2.20. The average Bonchev–Trinajstić information content (AvgIpc) is 2.28. The molecule has 16 heavy (non-hydrogen) atoms. The highest BCUT2D eigenvalue weighted by Crippen LogP contribution is 2.21. The fourth-order valence-corrected chi connectivity index (χ4v) is 1.88. The number of nitrogens with one attached hydrogen (secondary N) is 1. The second-order valence-corrected chi connectivity index (χ2v) is 4.36. The van der Waals surface area contributed by atoms with Crippen molar-refractivity contribution >= 4 is 16.5 Å². The Morgan fingerprint density at radius 3 is 2.62 bits per heavy atom. The van der Waals surface area contributed by atoms with Crippen molar-refractivity contribution in [1.82, 2.24) is 5.73 Å². The lowest BCUT2D eigenvalue weighted by atomic mass is 9.99. The second kappa shape index (κ2) is 4.52.